The van der Waals surface area contributed by atoms with Gasteiger partial charge in [-0.3, -0.25) is 4.79 Å². The molecule has 1 aliphatic heterocycles. The van der Waals surface area contributed by atoms with Crippen molar-refractivity contribution in [1.29, 1.82) is 0 Å². The first-order chi connectivity index (χ1) is 8.37. The molecule has 0 radical (unpaired) electrons. The smallest absolute Gasteiger partial charge is 0.232 e. The number of aliphatic hydroxyl groups is 1. The van der Waals surface area contributed by atoms with Crippen LogP contribution in [0.2, 0.25) is 0 Å². The Morgan fingerprint density at radius 3 is 2.61 bits per heavy atom. The molecule has 2 atom stereocenters. The molecule has 0 spiro atoms. The van der Waals surface area contributed by atoms with Crippen molar-refractivity contribution in [2.24, 2.45) is 11.1 Å². The molecule has 1 aliphatic carbocycles. The third-order valence-corrected chi connectivity index (χ3v) is 4.42. The van der Waals surface area contributed by atoms with Crippen molar-refractivity contribution in [1.82, 2.24) is 4.90 Å². The molecule has 5 nitrogen and oxygen atoms in total. The monoisotopic (exact) mass is 256 g/mol. The highest BCUT2D eigenvalue weighted by Gasteiger charge is 2.47. The molecule has 1 amide bonds. The van der Waals surface area contributed by atoms with E-state index in [2.05, 4.69) is 0 Å². The number of amides is 1. The first kappa shape index (κ1) is 13.8. The summed E-state index contributed by atoms with van der Waals surface area (Å²) in [7, 11) is 1.74. The van der Waals surface area contributed by atoms with Gasteiger partial charge in [0.1, 0.15) is 0 Å². The molecule has 2 aliphatic rings. The molecule has 1 heterocycles. The van der Waals surface area contributed by atoms with Gasteiger partial charge in [-0.2, -0.15) is 0 Å². The van der Waals surface area contributed by atoms with Gasteiger partial charge >= 0.3 is 0 Å². The minimum absolute atomic E-state index is 0.0205. The fourth-order valence-electron chi connectivity index (χ4n) is 3.05. The maximum atomic E-state index is 12.5. The average molecular weight is 256 g/mol. The highest BCUT2D eigenvalue weighted by atomic mass is 16.5. The van der Waals surface area contributed by atoms with Crippen molar-refractivity contribution in [3.63, 3.8) is 0 Å². The summed E-state index contributed by atoms with van der Waals surface area (Å²) < 4.78 is 5.30. The summed E-state index contributed by atoms with van der Waals surface area (Å²) in [5, 5.41) is 10.3. The zero-order valence-electron chi connectivity index (χ0n) is 11.3. The van der Waals surface area contributed by atoms with Crippen molar-refractivity contribution in [2.45, 2.75) is 44.2 Å². The maximum Gasteiger partial charge on any atom is 0.232 e. The lowest BCUT2D eigenvalue weighted by molar-refractivity contribution is -0.143. The van der Waals surface area contributed by atoms with Gasteiger partial charge in [0.25, 0.3) is 0 Å². The Balaban J connectivity index is 2.00. The Morgan fingerprint density at radius 2 is 2.11 bits per heavy atom. The molecule has 2 fully saturated rings. The van der Waals surface area contributed by atoms with Gasteiger partial charge in [-0.25, -0.2) is 0 Å². The van der Waals surface area contributed by atoms with Crippen molar-refractivity contribution < 1.29 is 14.6 Å². The second-order valence-electron chi connectivity index (χ2n) is 6.13. The first-order valence-corrected chi connectivity index (χ1v) is 6.69. The lowest BCUT2D eigenvalue weighted by atomic mass is 9.84. The fraction of sp³-hybridized carbons (Fsp3) is 0.923. The van der Waals surface area contributed by atoms with Gasteiger partial charge < -0.3 is 20.5 Å². The van der Waals surface area contributed by atoms with E-state index in [1.165, 1.54) is 0 Å². The molecule has 3 N–H and O–H groups in total. The van der Waals surface area contributed by atoms with E-state index in [9.17, 15) is 9.90 Å². The van der Waals surface area contributed by atoms with Gasteiger partial charge in [0.2, 0.25) is 5.91 Å². The van der Waals surface area contributed by atoms with Crippen LogP contribution in [0.1, 0.15) is 32.6 Å². The van der Waals surface area contributed by atoms with Gasteiger partial charge in [-0.15, -0.1) is 0 Å². The Kier molecular flexibility index (Phi) is 3.67. The standard InChI is InChI=1S/C13H24N2O3/c1-12(9-18-7-10(12)14)11(16)15(2)8-13(17)5-3-4-6-13/h10,17H,3-9,14H2,1-2H3. The number of likely N-dealkylation sites (N-methyl/N-ethyl adjacent to an activating group) is 1. The van der Waals surface area contributed by atoms with Crippen LogP contribution in [0.3, 0.4) is 0 Å². The topological polar surface area (TPSA) is 75.8 Å². The van der Waals surface area contributed by atoms with Crippen LogP contribution in [0.4, 0.5) is 0 Å². The van der Waals surface area contributed by atoms with Crippen LogP contribution in [0.15, 0.2) is 0 Å². The fourth-order valence-corrected chi connectivity index (χ4v) is 3.05. The summed E-state index contributed by atoms with van der Waals surface area (Å²) in [5.41, 5.74) is 4.60. The number of carbonyl (C=O) groups excluding carboxylic acids is 1. The summed E-state index contributed by atoms with van der Waals surface area (Å²) in [5.74, 6) is -0.0205. The molecule has 18 heavy (non-hydrogen) atoms. The van der Waals surface area contributed by atoms with E-state index in [0.717, 1.165) is 25.7 Å². The number of rotatable bonds is 3. The molecule has 0 aromatic rings. The Bertz CT molecular complexity index is 328. The van der Waals surface area contributed by atoms with Crippen LogP contribution in [0.25, 0.3) is 0 Å². The molecule has 104 valence electrons. The summed E-state index contributed by atoms with van der Waals surface area (Å²) in [6.07, 6.45) is 3.64. The zero-order chi connectivity index (χ0) is 13.4. The summed E-state index contributed by atoms with van der Waals surface area (Å²) in [4.78, 5) is 14.1. The van der Waals surface area contributed by atoms with Crippen LogP contribution in [0.5, 0.6) is 0 Å². The molecule has 1 saturated carbocycles. The predicted octanol–water partition coefficient (Wildman–Crippen LogP) is 0.114. The van der Waals surface area contributed by atoms with Gasteiger partial charge in [-0.05, 0) is 19.8 Å². The quantitative estimate of drug-likeness (QED) is 0.751. The van der Waals surface area contributed by atoms with E-state index in [0.29, 0.717) is 19.8 Å². The zero-order valence-corrected chi connectivity index (χ0v) is 11.3. The second kappa shape index (κ2) is 4.79. The number of hydrogen-bond donors (Lipinski definition) is 2. The third kappa shape index (κ3) is 2.39. The molecule has 5 heteroatoms. The highest BCUT2D eigenvalue weighted by Crippen LogP contribution is 2.33. The molecule has 0 aromatic heterocycles. The Morgan fingerprint density at radius 1 is 1.50 bits per heavy atom. The number of ether oxygens (including phenoxy) is 1. The molecule has 2 unspecified atom stereocenters. The van der Waals surface area contributed by atoms with Crippen molar-refractivity contribution in [2.75, 3.05) is 26.8 Å². The number of carbonyl (C=O) groups is 1. The number of hydrogen-bond acceptors (Lipinski definition) is 4. The predicted molar refractivity (Wildman–Crippen MR) is 68.0 cm³/mol. The van der Waals surface area contributed by atoms with E-state index >= 15 is 0 Å². The second-order valence-corrected chi connectivity index (χ2v) is 6.13. The summed E-state index contributed by atoms with van der Waals surface area (Å²) in [6, 6.07) is -0.259. The number of nitrogens with two attached hydrogens (primary N) is 1. The van der Waals surface area contributed by atoms with Crippen LogP contribution < -0.4 is 5.73 Å². The Hall–Kier alpha value is -0.650. The molecule has 2 rings (SSSR count). The van der Waals surface area contributed by atoms with Crippen molar-refractivity contribution in [3.8, 4) is 0 Å². The van der Waals surface area contributed by atoms with E-state index in [4.69, 9.17) is 10.5 Å². The van der Waals surface area contributed by atoms with Crippen LogP contribution in [-0.4, -0.2) is 54.4 Å². The van der Waals surface area contributed by atoms with Gasteiger partial charge in [-0.1, -0.05) is 12.8 Å². The van der Waals surface area contributed by atoms with E-state index in [1.54, 1.807) is 11.9 Å². The molecular formula is C13H24N2O3. The minimum atomic E-state index is -0.704. The molecule has 0 aromatic carbocycles. The lowest BCUT2D eigenvalue weighted by Crippen LogP contribution is -2.53. The Labute approximate surface area is 108 Å². The first-order valence-electron chi connectivity index (χ1n) is 6.69. The van der Waals surface area contributed by atoms with Gasteiger partial charge in [0.15, 0.2) is 0 Å². The van der Waals surface area contributed by atoms with E-state index in [-0.39, 0.29) is 11.9 Å². The summed E-state index contributed by atoms with van der Waals surface area (Å²) in [6.45, 7) is 3.05. The van der Waals surface area contributed by atoms with Crippen LogP contribution in [0, 0.1) is 5.41 Å². The SMILES string of the molecule is CN(CC1(O)CCCC1)C(=O)C1(C)COCC1N. The normalized spacial score (nSPS) is 34.8. The largest absolute Gasteiger partial charge is 0.388 e. The molecular weight excluding hydrogens is 232 g/mol. The van der Waals surface area contributed by atoms with Gasteiger partial charge in [0, 0.05) is 19.6 Å². The van der Waals surface area contributed by atoms with Crippen LogP contribution >= 0.6 is 0 Å². The highest BCUT2D eigenvalue weighted by molar-refractivity contribution is 5.83. The maximum absolute atomic E-state index is 12.5. The third-order valence-electron chi connectivity index (χ3n) is 4.42. The average Bonchev–Trinajstić information content (AvgIpc) is 2.87. The van der Waals surface area contributed by atoms with E-state index < -0.39 is 11.0 Å². The minimum Gasteiger partial charge on any atom is -0.388 e. The van der Waals surface area contributed by atoms with Crippen LogP contribution in [-0.2, 0) is 9.53 Å². The number of nitrogens with zero attached hydrogens (tertiary/aromatic N) is 1. The summed E-state index contributed by atoms with van der Waals surface area (Å²) >= 11 is 0. The molecule has 1 saturated heterocycles. The van der Waals surface area contributed by atoms with Crippen molar-refractivity contribution >= 4 is 5.91 Å². The molecule has 0 bridgehead atoms. The van der Waals surface area contributed by atoms with E-state index in [1.807, 2.05) is 6.92 Å². The van der Waals surface area contributed by atoms with Crippen molar-refractivity contribution in [3.05, 3.63) is 0 Å². The van der Waals surface area contributed by atoms with Gasteiger partial charge in [0.05, 0.1) is 24.2 Å². The lowest BCUT2D eigenvalue weighted by Gasteiger charge is -2.35.